The molecule has 0 aliphatic heterocycles. The van der Waals surface area contributed by atoms with Crippen LogP contribution in [0.25, 0.3) is 0 Å². The Morgan fingerprint density at radius 2 is 1.72 bits per heavy atom. The number of likely N-dealkylation sites (N-methyl/N-ethyl adjacent to an activating group) is 1. The van der Waals surface area contributed by atoms with Crippen molar-refractivity contribution in [1.82, 2.24) is 10.2 Å². The van der Waals surface area contributed by atoms with Gasteiger partial charge in [0.1, 0.15) is 11.8 Å². The minimum Gasteiger partial charge on any atom is -0.482 e. The fourth-order valence-electron chi connectivity index (χ4n) is 2.57. The highest BCUT2D eigenvalue weighted by Gasteiger charge is 2.27. The first kappa shape index (κ1) is 23.6. The number of ether oxygens (including phenoxy) is 1. The topological polar surface area (TPSA) is 58.6 Å². The van der Waals surface area contributed by atoms with Crippen LogP contribution in [0.1, 0.15) is 19.4 Å². The van der Waals surface area contributed by atoms with Crippen LogP contribution < -0.4 is 10.1 Å². The number of amides is 2. The summed E-state index contributed by atoms with van der Waals surface area (Å²) in [4.78, 5) is 26.7. The van der Waals surface area contributed by atoms with Gasteiger partial charge in [-0.05, 0) is 44.2 Å². The molecule has 0 unspecified atom stereocenters. The summed E-state index contributed by atoms with van der Waals surface area (Å²) in [5, 5.41) is 4.25. The van der Waals surface area contributed by atoms with Crippen LogP contribution in [0.5, 0.6) is 5.75 Å². The second-order valence-corrected chi connectivity index (χ2v) is 7.81. The van der Waals surface area contributed by atoms with Crippen molar-refractivity contribution in [2.24, 2.45) is 0 Å². The monoisotopic (exact) mass is 476 g/mol. The molecule has 2 rings (SSSR count). The van der Waals surface area contributed by atoms with Gasteiger partial charge in [-0.15, -0.1) is 0 Å². The molecular weight excluding hydrogens is 458 g/mol. The van der Waals surface area contributed by atoms with Crippen LogP contribution in [-0.2, 0) is 16.1 Å². The number of nitrogens with zero attached hydrogens (tertiary/aromatic N) is 1. The molecule has 29 heavy (non-hydrogen) atoms. The van der Waals surface area contributed by atoms with E-state index in [9.17, 15) is 9.59 Å². The summed E-state index contributed by atoms with van der Waals surface area (Å²) >= 11 is 24.5. The SMILES string of the molecule is CCNC(=O)[C@@H](C)N(Cc1c(Cl)cccc1Cl)C(=O)COc1ccc(Cl)cc1Cl. The molecule has 0 aromatic heterocycles. The van der Waals surface area contributed by atoms with Crippen LogP contribution in [0.15, 0.2) is 36.4 Å². The Labute approximate surface area is 189 Å². The number of hydrogen-bond donors (Lipinski definition) is 1. The molecule has 9 heteroatoms. The predicted octanol–water partition coefficient (Wildman–Crippen LogP) is 5.23. The van der Waals surface area contributed by atoms with Gasteiger partial charge in [0.15, 0.2) is 6.61 Å². The first-order chi connectivity index (χ1) is 13.7. The van der Waals surface area contributed by atoms with Crippen LogP contribution in [0.4, 0.5) is 0 Å². The average Bonchev–Trinajstić information content (AvgIpc) is 2.66. The molecule has 0 bridgehead atoms. The molecule has 2 aromatic rings. The number of halogens is 4. The molecular formula is C20H20Cl4N2O3. The maximum Gasteiger partial charge on any atom is 0.261 e. The standard InChI is InChI=1S/C20H20Cl4N2O3/c1-3-25-20(28)12(2)26(10-14-15(22)5-4-6-16(14)23)19(27)11-29-18-8-7-13(21)9-17(18)24/h4-9,12H,3,10-11H2,1-2H3,(H,25,28)/t12-/m1/s1. The number of carbonyl (C=O) groups excluding carboxylic acids is 2. The lowest BCUT2D eigenvalue weighted by Gasteiger charge is -2.29. The summed E-state index contributed by atoms with van der Waals surface area (Å²) in [5.41, 5.74) is 0.546. The first-order valence-corrected chi connectivity index (χ1v) is 10.3. The zero-order valence-corrected chi connectivity index (χ0v) is 18.9. The van der Waals surface area contributed by atoms with E-state index in [1.165, 1.54) is 11.0 Å². The zero-order chi connectivity index (χ0) is 21.6. The molecule has 0 saturated heterocycles. The lowest BCUT2D eigenvalue weighted by Crippen LogP contribution is -2.49. The second kappa shape index (κ2) is 10.9. The summed E-state index contributed by atoms with van der Waals surface area (Å²) in [7, 11) is 0. The number of nitrogens with one attached hydrogen (secondary N) is 1. The summed E-state index contributed by atoms with van der Waals surface area (Å²) in [5.74, 6) is -0.412. The molecule has 1 atom stereocenters. The Bertz CT molecular complexity index is 872. The maximum atomic E-state index is 12.9. The molecule has 156 valence electrons. The lowest BCUT2D eigenvalue weighted by molar-refractivity contribution is -0.142. The highest BCUT2D eigenvalue weighted by atomic mass is 35.5. The Morgan fingerprint density at radius 1 is 1.07 bits per heavy atom. The fourth-order valence-corrected chi connectivity index (χ4v) is 3.55. The number of rotatable bonds is 8. The third-order valence-corrected chi connectivity index (χ3v) is 5.39. The van der Waals surface area contributed by atoms with E-state index in [0.717, 1.165) is 0 Å². The molecule has 2 aromatic carbocycles. The predicted molar refractivity (Wildman–Crippen MR) is 117 cm³/mol. The second-order valence-electron chi connectivity index (χ2n) is 6.16. The van der Waals surface area contributed by atoms with E-state index >= 15 is 0 Å². The quantitative estimate of drug-likeness (QED) is 0.566. The van der Waals surface area contributed by atoms with Crippen LogP contribution in [-0.4, -0.2) is 35.9 Å². The van der Waals surface area contributed by atoms with E-state index in [1.54, 1.807) is 44.2 Å². The molecule has 0 spiro atoms. The summed E-state index contributed by atoms with van der Waals surface area (Å²) in [6, 6.07) is 8.98. The van der Waals surface area contributed by atoms with Gasteiger partial charge in [-0.1, -0.05) is 52.5 Å². The van der Waals surface area contributed by atoms with Crippen molar-refractivity contribution in [3.8, 4) is 5.75 Å². The minimum atomic E-state index is -0.765. The van der Waals surface area contributed by atoms with Gasteiger partial charge >= 0.3 is 0 Å². The number of benzene rings is 2. The van der Waals surface area contributed by atoms with E-state index in [0.29, 0.717) is 32.9 Å². The van der Waals surface area contributed by atoms with Crippen molar-refractivity contribution < 1.29 is 14.3 Å². The van der Waals surface area contributed by atoms with Crippen molar-refractivity contribution in [1.29, 1.82) is 0 Å². The van der Waals surface area contributed by atoms with Crippen LogP contribution in [0.3, 0.4) is 0 Å². The molecule has 0 saturated carbocycles. The van der Waals surface area contributed by atoms with E-state index in [4.69, 9.17) is 51.1 Å². The van der Waals surface area contributed by atoms with Gasteiger partial charge in [-0.25, -0.2) is 0 Å². The lowest BCUT2D eigenvalue weighted by atomic mass is 10.1. The smallest absolute Gasteiger partial charge is 0.261 e. The molecule has 5 nitrogen and oxygen atoms in total. The van der Waals surface area contributed by atoms with E-state index < -0.39 is 11.9 Å². The highest BCUT2D eigenvalue weighted by Crippen LogP contribution is 2.29. The van der Waals surface area contributed by atoms with Crippen molar-refractivity contribution in [3.63, 3.8) is 0 Å². The van der Waals surface area contributed by atoms with Crippen molar-refractivity contribution in [3.05, 3.63) is 62.1 Å². The van der Waals surface area contributed by atoms with Crippen LogP contribution in [0.2, 0.25) is 20.1 Å². The van der Waals surface area contributed by atoms with Crippen molar-refractivity contribution >= 4 is 58.2 Å². The first-order valence-electron chi connectivity index (χ1n) is 8.82. The third-order valence-electron chi connectivity index (χ3n) is 4.15. The van der Waals surface area contributed by atoms with E-state index in [-0.39, 0.29) is 24.1 Å². The van der Waals surface area contributed by atoms with Crippen molar-refractivity contribution in [2.45, 2.75) is 26.4 Å². The van der Waals surface area contributed by atoms with Gasteiger partial charge in [0.25, 0.3) is 5.91 Å². The van der Waals surface area contributed by atoms with Gasteiger partial charge in [0.05, 0.1) is 5.02 Å². The number of carbonyl (C=O) groups is 2. The molecule has 0 aliphatic rings. The average molecular weight is 478 g/mol. The van der Waals surface area contributed by atoms with Crippen LogP contribution >= 0.6 is 46.4 Å². The Balaban J connectivity index is 2.23. The minimum absolute atomic E-state index is 0.0490. The third kappa shape index (κ3) is 6.41. The fraction of sp³-hybridized carbons (Fsp3) is 0.300. The molecule has 0 heterocycles. The summed E-state index contributed by atoms with van der Waals surface area (Å²) in [6.45, 7) is 3.59. The van der Waals surface area contributed by atoms with Gasteiger partial charge < -0.3 is 15.0 Å². The van der Waals surface area contributed by atoms with Gasteiger partial charge in [0, 0.05) is 33.7 Å². The van der Waals surface area contributed by atoms with E-state index in [2.05, 4.69) is 5.32 Å². The summed E-state index contributed by atoms with van der Waals surface area (Å²) in [6.07, 6.45) is 0. The van der Waals surface area contributed by atoms with Crippen molar-refractivity contribution in [2.75, 3.05) is 13.2 Å². The zero-order valence-electron chi connectivity index (χ0n) is 15.8. The molecule has 0 aliphatic carbocycles. The largest absolute Gasteiger partial charge is 0.482 e. The highest BCUT2D eigenvalue weighted by molar-refractivity contribution is 6.36. The molecule has 0 radical (unpaired) electrons. The van der Waals surface area contributed by atoms with Crippen LogP contribution in [0, 0.1) is 0 Å². The van der Waals surface area contributed by atoms with E-state index in [1.807, 2.05) is 0 Å². The molecule has 1 N–H and O–H groups in total. The summed E-state index contributed by atoms with van der Waals surface area (Å²) < 4.78 is 5.54. The maximum absolute atomic E-state index is 12.9. The number of hydrogen-bond acceptors (Lipinski definition) is 3. The van der Waals surface area contributed by atoms with Gasteiger partial charge in [-0.2, -0.15) is 0 Å². The molecule has 0 fully saturated rings. The normalized spacial score (nSPS) is 11.7. The molecule has 2 amide bonds. The van der Waals surface area contributed by atoms with Gasteiger partial charge in [0.2, 0.25) is 5.91 Å². The Morgan fingerprint density at radius 3 is 2.31 bits per heavy atom. The van der Waals surface area contributed by atoms with Gasteiger partial charge in [-0.3, -0.25) is 9.59 Å². The Hall–Kier alpha value is -1.66. The Kier molecular flexibility index (Phi) is 8.90.